The molecule has 0 saturated heterocycles. The standard InChI is InChI=1S/C16H11F3NO2.CH5N.2CH3.H2O.Y/c1-9-6-12-14(22-8-16(12,7-21)15(18)19)13(20-9)10-2-4-11(17)5-3-10;1-2;;;;/h2-7,15H,1,8H2;2H2,1H3;2*1H3;1H2;/q-1;;2*-1;;+3. The summed E-state index contributed by atoms with van der Waals surface area (Å²) in [6, 6.07) is 6.71. The fourth-order valence-electron chi connectivity index (χ4n) is 2.48. The van der Waals surface area contributed by atoms with Crippen LogP contribution < -0.4 is 10.5 Å². The molecule has 0 amide bonds. The van der Waals surface area contributed by atoms with Gasteiger partial charge in [0.15, 0.2) is 0 Å². The zero-order valence-corrected chi connectivity index (χ0v) is 18.8. The molecule has 1 atom stereocenters. The number of carbonyl (C=O) groups is 1. The average Bonchev–Trinajstić information content (AvgIpc) is 2.96. The first kappa shape index (κ1) is 31.2. The van der Waals surface area contributed by atoms with Gasteiger partial charge in [-0.25, -0.2) is 20.1 Å². The van der Waals surface area contributed by atoms with E-state index in [1.165, 1.54) is 37.4 Å². The topological polar surface area (TPSA) is 96.7 Å². The molecule has 0 fully saturated rings. The van der Waals surface area contributed by atoms with E-state index < -0.39 is 24.3 Å². The van der Waals surface area contributed by atoms with Crippen LogP contribution in [0.4, 0.5) is 13.2 Å². The van der Waals surface area contributed by atoms with Crippen LogP contribution in [0.5, 0.6) is 5.75 Å². The molecule has 3 rings (SSSR count). The van der Waals surface area contributed by atoms with Crippen molar-refractivity contribution < 1.29 is 60.9 Å². The number of aromatic nitrogens is 1. The molecule has 28 heavy (non-hydrogen) atoms. The maximum atomic E-state index is 13.4. The van der Waals surface area contributed by atoms with Crippen LogP contribution in [0.15, 0.2) is 30.3 Å². The van der Waals surface area contributed by atoms with Crippen molar-refractivity contribution >= 4 is 6.29 Å². The Morgan fingerprint density at radius 3 is 2.25 bits per heavy atom. The number of nitrogens with two attached hydrogens (primary N) is 1. The molecule has 0 bridgehead atoms. The van der Waals surface area contributed by atoms with Gasteiger partial charge in [-0.05, 0) is 31.3 Å². The van der Waals surface area contributed by atoms with E-state index >= 15 is 0 Å². The van der Waals surface area contributed by atoms with Crippen molar-refractivity contribution in [3.05, 3.63) is 69.2 Å². The zero-order chi connectivity index (χ0) is 17.9. The van der Waals surface area contributed by atoms with Crippen molar-refractivity contribution in [2.45, 2.75) is 11.8 Å². The molecular formula is C19H24F3N2O3Y. The van der Waals surface area contributed by atoms with Crippen LogP contribution in [0.25, 0.3) is 11.3 Å². The minimum absolute atomic E-state index is 0. The number of aldehydes is 1. The monoisotopic (exact) mass is 474 g/mol. The molecule has 0 aliphatic carbocycles. The van der Waals surface area contributed by atoms with Gasteiger partial charge in [0.25, 0.3) is 6.43 Å². The summed E-state index contributed by atoms with van der Waals surface area (Å²) in [4.78, 5) is 15.5. The SMILES string of the molecule is CN.O.[CH2-]c1cc2c(c(-c3ccc(F)cc3)n1)OCC2(C=O)C(F)F.[CH3-].[CH3-].[Y+3]. The fraction of sp³-hybridized carbons (Fsp3) is 0.211. The second-order valence-corrected chi connectivity index (χ2v) is 5.09. The Hall–Kier alpha value is -1.48. The van der Waals surface area contributed by atoms with Gasteiger partial charge in [-0.15, -0.1) is 5.69 Å². The van der Waals surface area contributed by atoms with Gasteiger partial charge < -0.3 is 35.6 Å². The van der Waals surface area contributed by atoms with Crippen LogP contribution in [-0.4, -0.2) is 36.8 Å². The number of carbonyl (C=O) groups excluding carboxylic acids is 1. The van der Waals surface area contributed by atoms with Gasteiger partial charge in [0.05, 0.1) is 0 Å². The number of nitrogens with zero attached hydrogens (tertiary/aromatic N) is 1. The number of rotatable bonds is 3. The minimum atomic E-state index is -2.91. The van der Waals surface area contributed by atoms with Gasteiger partial charge in [-0.2, -0.15) is 6.07 Å². The van der Waals surface area contributed by atoms with E-state index in [4.69, 9.17) is 4.74 Å². The van der Waals surface area contributed by atoms with Gasteiger partial charge in [0.1, 0.15) is 35.6 Å². The molecule has 1 aromatic carbocycles. The van der Waals surface area contributed by atoms with Crippen LogP contribution >= 0.6 is 0 Å². The second-order valence-electron chi connectivity index (χ2n) is 5.09. The van der Waals surface area contributed by atoms with E-state index in [0.29, 0.717) is 5.56 Å². The normalized spacial score (nSPS) is 15.8. The Kier molecular flexibility index (Phi) is 14.4. The van der Waals surface area contributed by atoms with E-state index in [1.54, 1.807) is 0 Å². The first-order valence-corrected chi connectivity index (χ1v) is 7.06. The third-order valence-corrected chi connectivity index (χ3v) is 3.70. The van der Waals surface area contributed by atoms with Crippen molar-refractivity contribution in [2.75, 3.05) is 13.7 Å². The Bertz CT molecular complexity index is 746. The molecular weight excluding hydrogens is 450 g/mol. The molecule has 0 saturated carbocycles. The van der Waals surface area contributed by atoms with E-state index in [2.05, 4.69) is 17.6 Å². The summed E-state index contributed by atoms with van der Waals surface area (Å²) in [5.74, 6) is -0.312. The van der Waals surface area contributed by atoms with Gasteiger partial charge in [-0.1, -0.05) is 5.56 Å². The maximum Gasteiger partial charge on any atom is 3.00 e. The Labute approximate surface area is 189 Å². The molecule has 0 radical (unpaired) electrons. The van der Waals surface area contributed by atoms with E-state index in [0.717, 1.165) is 0 Å². The van der Waals surface area contributed by atoms with Crippen LogP contribution in [0.3, 0.4) is 0 Å². The molecule has 5 nitrogen and oxygen atoms in total. The molecule has 9 heteroatoms. The summed E-state index contributed by atoms with van der Waals surface area (Å²) in [6.07, 6.45) is -2.70. The first-order valence-electron chi connectivity index (χ1n) is 7.06. The molecule has 152 valence electrons. The first-order chi connectivity index (χ1) is 11.5. The minimum Gasteiger partial charge on any atom is -0.491 e. The number of pyridine rings is 1. The third kappa shape index (κ3) is 5.53. The number of halogens is 3. The molecule has 1 aliphatic heterocycles. The maximum absolute atomic E-state index is 13.4. The number of hydrogen-bond donors (Lipinski definition) is 1. The van der Waals surface area contributed by atoms with Gasteiger partial charge in [0.2, 0.25) is 0 Å². The second kappa shape index (κ2) is 12.9. The van der Waals surface area contributed by atoms with Gasteiger partial charge in [0, 0.05) is 5.56 Å². The molecule has 2 aromatic rings. The van der Waals surface area contributed by atoms with Crippen molar-refractivity contribution in [1.29, 1.82) is 0 Å². The van der Waals surface area contributed by atoms with Crippen molar-refractivity contribution in [3.63, 3.8) is 0 Å². The Morgan fingerprint density at radius 1 is 1.25 bits per heavy atom. The average molecular weight is 474 g/mol. The van der Waals surface area contributed by atoms with E-state index in [1.807, 2.05) is 0 Å². The molecule has 1 unspecified atom stereocenters. The van der Waals surface area contributed by atoms with Gasteiger partial charge >= 0.3 is 32.7 Å². The molecule has 1 aliphatic rings. The largest absolute Gasteiger partial charge is 3.00 e. The molecule has 4 N–H and O–H groups in total. The number of hydrogen-bond acceptors (Lipinski definition) is 4. The summed E-state index contributed by atoms with van der Waals surface area (Å²) in [6.45, 7) is 3.20. The van der Waals surface area contributed by atoms with E-state index in [-0.39, 0.29) is 82.0 Å². The van der Waals surface area contributed by atoms with Gasteiger partial charge in [-0.3, -0.25) is 4.98 Å². The van der Waals surface area contributed by atoms with Crippen LogP contribution in [-0.2, 0) is 42.9 Å². The number of ether oxygens (including phenoxy) is 1. The van der Waals surface area contributed by atoms with Crippen molar-refractivity contribution in [1.82, 2.24) is 4.98 Å². The zero-order valence-electron chi connectivity index (χ0n) is 16.0. The third-order valence-electron chi connectivity index (χ3n) is 3.70. The molecule has 1 aromatic heterocycles. The quantitative estimate of drug-likeness (QED) is 0.547. The number of benzene rings is 1. The predicted molar refractivity (Wildman–Crippen MR) is 99.9 cm³/mol. The molecule has 0 spiro atoms. The van der Waals surface area contributed by atoms with Crippen molar-refractivity contribution in [2.24, 2.45) is 5.73 Å². The summed E-state index contributed by atoms with van der Waals surface area (Å²) in [7, 11) is 1.50. The summed E-state index contributed by atoms with van der Waals surface area (Å²) >= 11 is 0. The number of alkyl halides is 2. The summed E-state index contributed by atoms with van der Waals surface area (Å²) in [5, 5.41) is 0. The van der Waals surface area contributed by atoms with Crippen molar-refractivity contribution in [3.8, 4) is 17.0 Å². The fourth-order valence-corrected chi connectivity index (χ4v) is 2.48. The van der Waals surface area contributed by atoms with Crippen LogP contribution in [0, 0.1) is 27.6 Å². The van der Waals surface area contributed by atoms with E-state index in [9.17, 15) is 18.0 Å². The predicted octanol–water partition coefficient (Wildman–Crippen LogP) is 2.81. The van der Waals surface area contributed by atoms with Crippen LogP contribution in [0.1, 0.15) is 11.3 Å². The smallest absolute Gasteiger partial charge is 0.491 e. The van der Waals surface area contributed by atoms with Crippen LogP contribution in [0.2, 0.25) is 0 Å². The summed E-state index contributed by atoms with van der Waals surface area (Å²) in [5.41, 5.74) is 3.55. The number of fused-ring (bicyclic) bond motifs is 1. The Balaban J connectivity index is -0.00000101. The summed E-state index contributed by atoms with van der Waals surface area (Å²) < 4.78 is 45.2. The Morgan fingerprint density at radius 2 is 1.79 bits per heavy atom. The molecule has 2 heterocycles.